The molecule has 1 heterocycles. The van der Waals surface area contributed by atoms with Crippen LogP contribution in [0.15, 0.2) is 0 Å². The first-order valence-electron chi connectivity index (χ1n) is 6.35. The molecular formula is C13H19F2N3. The van der Waals surface area contributed by atoms with Crippen molar-refractivity contribution in [2.75, 3.05) is 0 Å². The van der Waals surface area contributed by atoms with Gasteiger partial charge in [-0.2, -0.15) is 0 Å². The topological polar surface area (TPSA) is 51.8 Å². The van der Waals surface area contributed by atoms with Crippen molar-refractivity contribution in [1.82, 2.24) is 9.97 Å². The molecule has 0 aromatic carbocycles. The Bertz CT molecular complexity index is 423. The normalized spacial score (nSPS) is 23.1. The number of alkyl halides is 2. The minimum atomic E-state index is -2.57. The van der Waals surface area contributed by atoms with Crippen molar-refractivity contribution in [1.29, 1.82) is 0 Å². The lowest BCUT2D eigenvalue weighted by Gasteiger charge is -2.28. The maximum absolute atomic E-state index is 13.4. The molecule has 1 aromatic heterocycles. The van der Waals surface area contributed by atoms with Gasteiger partial charge in [0.25, 0.3) is 0 Å². The van der Waals surface area contributed by atoms with Crippen molar-refractivity contribution in [2.24, 2.45) is 5.73 Å². The lowest BCUT2D eigenvalue weighted by molar-refractivity contribution is -0.0417. The molecule has 0 aliphatic heterocycles. The summed E-state index contributed by atoms with van der Waals surface area (Å²) < 4.78 is 26.8. The molecule has 1 aliphatic carbocycles. The van der Waals surface area contributed by atoms with Crippen LogP contribution in [0, 0.1) is 13.8 Å². The van der Waals surface area contributed by atoms with E-state index < -0.39 is 5.92 Å². The zero-order valence-corrected chi connectivity index (χ0v) is 10.8. The van der Waals surface area contributed by atoms with E-state index in [0.29, 0.717) is 18.8 Å². The van der Waals surface area contributed by atoms with E-state index in [9.17, 15) is 8.78 Å². The summed E-state index contributed by atoms with van der Waals surface area (Å²) in [7, 11) is 0. The minimum absolute atomic E-state index is 0.0116. The SMILES string of the molecule is Cc1nc(C2CCCC(F)(F)C2)nc(C)c1CN. The summed E-state index contributed by atoms with van der Waals surface area (Å²) >= 11 is 0. The largest absolute Gasteiger partial charge is 0.326 e. The van der Waals surface area contributed by atoms with Gasteiger partial charge in [0.2, 0.25) is 5.92 Å². The average Bonchev–Trinajstić information content (AvgIpc) is 2.27. The van der Waals surface area contributed by atoms with E-state index in [4.69, 9.17) is 5.73 Å². The zero-order valence-electron chi connectivity index (χ0n) is 10.8. The molecular weight excluding hydrogens is 236 g/mol. The molecule has 1 atom stereocenters. The Labute approximate surface area is 106 Å². The number of halogens is 2. The number of hydrogen-bond acceptors (Lipinski definition) is 3. The highest BCUT2D eigenvalue weighted by atomic mass is 19.3. The van der Waals surface area contributed by atoms with Gasteiger partial charge in [0.1, 0.15) is 5.82 Å². The van der Waals surface area contributed by atoms with Crippen LogP contribution < -0.4 is 5.73 Å². The molecule has 0 saturated heterocycles. The van der Waals surface area contributed by atoms with Crippen LogP contribution in [0.4, 0.5) is 8.78 Å². The molecule has 100 valence electrons. The highest BCUT2D eigenvalue weighted by molar-refractivity contribution is 5.25. The monoisotopic (exact) mass is 255 g/mol. The fourth-order valence-electron chi connectivity index (χ4n) is 2.64. The molecule has 0 spiro atoms. The molecule has 1 saturated carbocycles. The van der Waals surface area contributed by atoms with Crippen molar-refractivity contribution in [3.05, 3.63) is 22.8 Å². The van der Waals surface area contributed by atoms with Gasteiger partial charge in [-0.1, -0.05) is 0 Å². The highest BCUT2D eigenvalue weighted by Crippen LogP contribution is 2.40. The van der Waals surface area contributed by atoms with Gasteiger partial charge >= 0.3 is 0 Å². The van der Waals surface area contributed by atoms with Crippen LogP contribution in [0.3, 0.4) is 0 Å². The molecule has 0 bridgehead atoms. The van der Waals surface area contributed by atoms with Crippen LogP contribution in [0.1, 0.15) is 54.4 Å². The van der Waals surface area contributed by atoms with Crippen molar-refractivity contribution in [2.45, 2.75) is 57.9 Å². The van der Waals surface area contributed by atoms with E-state index in [1.807, 2.05) is 13.8 Å². The third-order valence-electron chi connectivity index (χ3n) is 3.65. The van der Waals surface area contributed by atoms with Crippen LogP contribution >= 0.6 is 0 Å². The second-order valence-corrected chi connectivity index (χ2v) is 5.08. The molecule has 1 aromatic rings. The van der Waals surface area contributed by atoms with Gasteiger partial charge in [-0.05, 0) is 26.7 Å². The molecule has 1 fully saturated rings. The Morgan fingerprint density at radius 2 is 1.89 bits per heavy atom. The lowest BCUT2D eigenvalue weighted by Crippen LogP contribution is -2.26. The standard InChI is InChI=1S/C13H19F2N3/c1-8-11(7-16)9(2)18-12(17-8)10-4-3-5-13(14,15)6-10/h10H,3-7,16H2,1-2H3. The molecule has 0 radical (unpaired) electrons. The van der Waals surface area contributed by atoms with Crippen LogP contribution in [-0.2, 0) is 6.54 Å². The van der Waals surface area contributed by atoms with Crippen molar-refractivity contribution in [3.63, 3.8) is 0 Å². The van der Waals surface area contributed by atoms with E-state index in [1.54, 1.807) is 0 Å². The lowest BCUT2D eigenvalue weighted by atomic mass is 9.86. The number of hydrogen-bond donors (Lipinski definition) is 1. The second kappa shape index (κ2) is 4.88. The first kappa shape index (κ1) is 13.3. The number of nitrogens with two attached hydrogens (primary N) is 1. The maximum Gasteiger partial charge on any atom is 0.248 e. The Kier molecular flexibility index (Phi) is 3.61. The van der Waals surface area contributed by atoms with E-state index >= 15 is 0 Å². The molecule has 3 nitrogen and oxygen atoms in total. The predicted molar refractivity (Wildman–Crippen MR) is 65.6 cm³/mol. The van der Waals surface area contributed by atoms with Crippen LogP contribution in [0.2, 0.25) is 0 Å². The molecule has 5 heteroatoms. The Hall–Kier alpha value is -1.10. The van der Waals surface area contributed by atoms with Gasteiger partial charge in [-0.15, -0.1) is 0 Å². The molecule has 2 N–H and O–H groups in total. The number of rotatable bonds is 2. The summed E-state index contributed by atoms with van der Waals surface area (Å²) in [5.74, 6) is -2.24. The van der Waals surface area contributed by atoms with Gasteiger partial charge in [0.05, 0.1) is 0 Å². The smallest absolute Gasteiger partial charge is 0.248 e. The number of nitrogens with zero attached hydrogens (tertiary/aromatic N) is 2. The summed E-state index contributed by atoms with van der Waals surface area (Å²) in [6, 6.07) is 0. The Morgan fingerprint density at radius 1 is 1.28 bits per heavy atom. The second-order valence-electron chi connectivity index (χ2n) is 5.08. The maximum atomic E-state index is 13.4. The fourth-order valence-corrected chi connectivity index (χ4v) is 2.64. The summed E-state index contributed by atoms with van der Waals surface area (Å²) in [6.07, 6.45) is 1.14. The highest BCUT2D eigenvalue weighted by Gasteiger charge is 2.38. The van der Waals surface area contributed by atoms with Crippen LogP contribution in [0.25, 0.3) is 0 Å². The zero-order chi connectivity index (χ0) is 13.3. The minimum Gasteiger partial charge on any atom is -0.326 e. The third kappa shape index (κ3) is 2.66. The van der Waals surface area contributed by atoms with Crippen molar-refractivity contribution in [3.8, 4) is 0 Å². The molecule has 18 heavy (non-hydrogen) atoms. The van der Waals surface area contributed by atoms with Crippen LogP contribution in [0.5, 0.6) is 0 Å². The van der Waals surface area contributed by atoms with E-state index in [1.165, 1.54) is 0 Å². The molecule has 0 amide bonds. The Balaban J connectivity index is 2.29. The molecule has 2 rings (SSSR count). The number of aromatic nitrogens is 2. The quantitative estimate of drug-likeness (QED) is 0.884. The van der Waals surface area contributed by atoms with Gasteiger partial charge < -0.3 is 5.73 Å². The summed E-state index contributed by atoms with van der Waals surface area (Å²) in [6.45, 7) is 4.11. The van der Waals surface area contributed by atoms with E-state index in [0.717, 1.165) is 23.4 Å². The van der Waals surface area contributed by atoms with Crippen LogP contribution in [-0.4, -0.2) is 15.9 Å². The van der Waals surface area contributed by atoms with Gasteiger partial charge in [-0.25, -0.2) is 18.7 Å². The average molecular weight is 255 g/mol. The molecule has 1 unspecified atom stereocenters. The van der Waals surface area contributed by atoms with Gasteiger partial charge in [0, 0.05) is 42.3 Å². The Morgan fingerprint density at radius 3 is 2.39 bits per heavy atom. The van der Waals surface area contributed by atoms with Gasteiger partial charge in [0.15, 0.2) is 0 Å². The first-order chi connectivity index (χ1) is 8.43. The van der Waals surface area contributed by atoms with Crippen molar-refractivity contribution >= 4 is 0 Å². The van der Waals surface area contributed by atoms with Crippen molar-refractivity contribution < 1.29 is 8.78 Å². The molecule has 1 aliphatic rings. The summed E-state index contributed by atoms with van der Waals surface area (Å²) in [5.41, 5.74) is 8.17. The first-order valence-corrected chi connectivity index (χ1v) is 6.35. The summed E-state index contributed by atoms with van der Waals surface area (Å²) in [4.78, 5) is 8.74. The van der Waals surface area contributed by atoms with E-state index in [-0.39, 0.29) is 18.8 Å². The van der Waals surface area contributed by atoms with E-state index in [2.05, 4.69) is 9.97 Å². The van der Waals surface area contributed by atoms with Gasteiger partial charge in [-0.3, -0.25) is 0 Å². The third-order valence-corrected chi connectivity index (χ3v) is 3.65. The number of aryl methyl sites for hydroxylation is 2. The summed E-state index contributed by atoms with van der Waals surface area (Å²) in [5, 5.41) is 0. The fraction of sp³-hybridized carbons (Fsp3) is 0.692. The predicted octanol–water partition coefficient (Wildman–Crippen LogP) is 2.85.